The summed E-state index contributed by atoms with van der Waals surface area (Å²) in [5.74, 6) is -1.24. The lowest BCUT2D eigenvalue weighted by molar-refractivity contribution is -0.139. The minimum absolute atomic E-state index is 0.0202. The number of nitrogens with zero attached hydrogens (tertiary/aromatic N) is 2. The molecule has 0 saturated heterocycles. The first kappa shape index (κ1) is 19.3. The first-order valence-corrected chi connectivity index (χ1v) is 9.41. The third kappa shape index (κ3) is 3.62. The lowest BCUT2D eigenvalue weighted by Crippen LogP contribution is -2.35. The summed E-state index contributed by atoms with van der Waals surface area (Å²) in [5.41, 5.74) is 5.03. The van der Waals surface area contributed by atoms with E-state index in [1.54, 1.807) is 43.5 Å². The Morgan fingerprint density at radius 3 is 2.83 bits per heavy atom. The highest BCUT2D eigenvalue weighted by Crippen LogP contribution is 2.28. The number of nitrogens with one attached hydrogen (secondary N) is 2. The molecule has 1 aromatic carbocycles. The van der Waals surface area contributed by atoms with Crippen molar-refractivity contribution >= 4 is 34.5 Å². The zero-order chi connectivity index (χ0) is 21.1. The molecule has 0 unspecified atom stereocenters. The molecule has 30 heavy (non-hydrogen) atoms. The van der Waals surface area contributed by atoms with Crippen LogP contribution in [0.4, 0.5) is 5.69 Å². The van der Waals surface area contributed by atoms with Gasteiger partial charge in [-0.25, -0.2) is 9.78 Å². The van der Waals surface area contributed by atoms with Crippen LogP contribution in [0.5, 0.6) is 0 Å². The number of anilines is 1. The molecule has 4 rings (SSSR count). The zero-order valence-corrected chi connectivity index (χ0v) is 16.5. The van der Waals surface area contributed by atoms with Crippen LogP contribution in [0.3, 0.4) is 0 Å². The maximum absolute atomic E-state index is 13.0. The lowest BCUT2D eigenvalue weighted by atomic mass is 10.1. The van der Waals surface area contributed by atoms with E-state index in [0.717, 1.165) is 16.6 Å². The van der Waals surface area contributed by atoms with Gasteiger partial charge in [-0.05, 0) is 37.3 Å². The lowest BCUT2D eigenvalue weighted by Gasteiger charge is -2.21. The molecule has 3 heterocycles. The number of hydrazine groups is 1. The van der Waals surface area contributed by atoms with Gasteiger partial charge in [0, 0.05) is 30.4 Å². The fraction of sp³-hybridized carbons (Fsp3) is 0.136. The van der Waals surface area contributed by atoms with Crippen LogP contribution in [0.25, 0.3) is 17.1 Å². The number of carbonyl (C=O) groups is 2. The fourth-order valence-corrected chi connectivity index (χ4v) is 3.10. The average molecular weight is 404 g/mol. The van der Waals surface area contributed by atoms with Gasteiger partial charge in [0.05, 0.1) is 12.3 Å². The number of rotatable bonds is 6. The van der Waals surface area contributed by atoms with Crippen molar-refractivity contribution in [3.8, 4) is 0 Å². The number of fused-ring (bicyclic) bond motifs is 1. The van der Waals surface area contributed by atoms with E-state index in [1.165, 1.54) is 0 Å². The number of H-pyrrole nitrogens is 1. The van der Waals surface area contributed by atoms with Crippen LogP contribution in [0.2, 0.25) is 0 Å². The highest BCUT2D eigenvalue weighted by atomic mass is 16.5. The molecule has 2 N–H and O–H groups in total. The number of hydrogen-bond acceptors (Lipinski definition) is 7. The second-order valence-electron chi connectivity index (χ2n) is 6.51. The third-order valence-electron chi connectivity index (χ3n) is 4.55. The van der Waals surface area contributed by atoms with E-state index >= 15 is 0 Å². The molecule has 1 aliphatic heterocycles. The van der Waals surface area contributed by atoms with Crippen molar-refractivity contribution in [1.29, 1.82) is 0 Å². The van der Waals surface area contributed by atoms with E-state index in [1.807, 2.05) is 36.4 Å². The number of ketones is 1. The largest absolute Gasteiger partial charge is 0.462 e. The van der Waals surface area contributed by atoms with Gasteiger partial charge in [-0.15, -0.1) is 0 Å². The van der Waals surface area contributed by atoms with Gasteiger partial charge in [0.1, 0.15) is 5.65 Å². The Bertz CT molecular complexity index is 1160. The molecule has 152 valence electrons. The van der Waals surface area contributed by atoms with Gasteiger partial charge < -0.3 is 14.5 Å². The smallest absolute Gasteiger partial charge is 0.347 e. The Labute approximate surface area is 172 Å². The van der Waals surface area contributed by atoms with Gasteiger partial charge in [0.25, 0.3) is 0 Å². The number of ether oxygens (including phenoxy) is 2. The van der Waals surface area contributed by atoms with Crippen LogP contribution < -0.4 is 10.4 Å². The first-order valence-electron chi connectivity index (χ1n) is 9.41. The van der Waals surface area contributed by atoms with E-state index in [4.69, 9.17) is 9.47 Å². The van der Waals surface area contributed by atoms with Crippen molar-refractivity contribution in [3.63, 3.8) is 0 Å². The number of aromatic nitrogens is 2. The van der Waals surface area contributed by atoms with E-state index < -0.39 is 11.8 Å². The number of Topliss-reactive ketones (excluding diaryl/α,β-unsaturated/α-hetero) is 1. The van der Waals surface area contributed by atoms with E-state index in [-0.39, 0.29) is 23.8 Å². The third-order valence-corrected chi connectivity index (χ3v) is 4.55. The van der Waals surface area contributed by atoms with Crippen molar-refractivity contribution in [2.45, 2.75) is 6.92 Å². The van der Waals surface area contributed by atoms with Gasteiger partial charge in [0.15, 0.2) is 11.3 Å². The number of benzene rings is 1. The quantitative estimate of drug-likeness (QED) is 0.282. The second kappa shape index (κ2) is 8.12. The molecule has 0 spiro atoms. The normalized spacial score (nSPS) is 14.9. The maximum atomic E-state index is 13.0. The van der Waals surface area contributed by atoms with Crippen LogP contribution >= 0.6 is 0 Å². The predicted octanol–water partition coefficient (Wildman–Crippen LogP) is 2.92. The molecule has 0 fully saturated rings. The Balaban J connectivity index is 1.67. The number of para-hydroxylation sites is 1. The van der Waals surface area contributed by atoms with Crippen LogP contribution in [-0.4, -0.2) is 35.4 Å². The summed E-state index contributed by atoms with van der Waals surface area (Å²) in [6, 6.07) is 13.1. The van der Waals surface area contributed by atoms with Crippen molar-refractivity contribution in [2.24, 2.45) is 0 Å². The minimum atomic E-state index is -0.740. The van der Waals surface area contributed by atoms with Crippen LogP contribution in [-0.2, 0) is 19.1 Å². The monoisotopic (exact) mass is 404 g/mol. The summed E-state index contributed by atoms with van der Waals surface area (Å²) in [6.07, 6.45) is 4.99. The average Bonchev–Trinajstić information content (AvgIpc) is 3.30. The molecular weight excluding hydrogens is 384 g/mol. The molecule has 0 radical (unpaired) electrons. The fourth-order valence-electron chi connectivity index (χ4n) is 3.10. The van der Waals surface area contributed by atoms with Gasteiger partial charge in [-0.3, -0.25) is 15.2 Å². The highest BCUT2D eigenvalue weighted by molar-refractivity contribution is 6.26. The van der Waals surface area contributed by atoms with Gasteiger partial charge in [0.2, 0.25) is 11.7 Å². The van der Waals surface area contributed by atoms with Crippen molar-refractivity contribution in [1.82, 2.24) is 15.4 Å². The molecule has 0 atom stereocenters. The van der Waals surface area contributed by atoms with E-state index in [2.05, 4.69) is 15.4 Å². The molecule has 0 bridgehead atoms. The summed E-state index contributed by atoms with van der Waals surface area (Å²) in [7, 11) is 1.76. The number of hydrogen-bond donors (Lipinski definition) is 2. The van der Waals surface area contributed by atoms with Crippen molar-refractivity contribution in [3.05, 3.63) is 77.6 Å². The zero-order valence-electron chi connectivity index (χ0n) is 16.5. The molecular formula is C22H20N4O4. The highest BCUT2D eigenvalue weighted by Gasteiger charge is 2.37. The summed E-state index contributed by atoms with van der Waals surface area (Å²) in [6.45, 7) is 1.82. The first-order chi connectivity index (χ1) is 14.6. The van der Waals surface area contributed by atoms with Gasteiger partial charge >= 0.3 is 5.97 Å². The van der Waals surface area contributed by atoms with Crippen molar-refractivity contribution < 1.29 is 19.1 Å². The Hall–Kier alpha value is -4.07. The number of pyridine rings is 1. The van der Waals surface area contributed by atoms with Gasteiger partial charge in [-0.2, -0.15) is 0 Å². The summed E-state index contributed by atoms with van der Waals surface area (Å²) in [4.78, 5) is 32.7. The number of allylic oxidation sites excluding steroid dienone is 1. The van der Waals surface area contributed by atoms with E-state index in [9.17, 15) is 9.59 Å². The predicted molar refractivity (Wildman–Crippen MR) is 112 cm³/mol. The summed E-state index contributed by atoms with van der Waals surface area (Å²) >= 11 is 0. The summed E-state index contributed by atoms with van der Waals surface area (Å²) in [5, 5.41) is 2.49. The Kier molecular flexibility index (Phi) is 5.21. The van der Waals surface area contributed by atoms with Crippen LogP contribution in [0.15, 0.2) is 72.1 Å². The standard InChI is InChI=1S/C22H20N4O4/c1-3-29-22(28)18-19(27)17(12-14-13-24-20-16(14)10-7-11-23-20)30-21(18)25-26(2)15-8-5-4-6-9-15/h4-13,25H,3H2,1-2H3,(H,23,24)/b17-12-. The molecule has 1 aliphatic rings. The Morgan fingerprint density at radius 1 is 1.27 bits per heavy atom. The summed E-state index contributed by atoms with van der Waals surface area (Å²) < 4.78 is 10.8. The Morgan fingerprint density at radius 2 is 2.07 bits per heavy atom. The molecule has 2 aromatic heterocycles. The van der Waals surface area contributed by atoms with Crippen LogP contribution in [0.1, 0.15) is 12.5 Å². The molecule has 0 saturated carbocycles. The molecule has 0 amide bonds. The van der Waals surface area contributed by atoms with Crippen molar-refractivity contribution in [2.75, 3.05) is 18.7 Å². The number of esters is 1. The van der Waals surface area contributed by atoms with E-state index in [0.29, 0.717) is 5.65 Å². The molecule has 8 nitrogen and oxygen atoms in total. The minimum Gasteiger partial charge on any atom is -0.462 e. The molecule has 8 heteroatoms. The van der Waals surface area contributed by atoms with Crippen LogP contribution in [0, 0.1) is 0 Å². The second-order valence-corrected chi connectivity index (χ2v) is 6.51. The SMILES string of the molecule is CCOC(=O)C1=C(NN(C)c2ccccc2)O/C(=C\c2c[nH]c3ncccc23)C1=O. The maximum Gasteiger partial charge on any atom is 0.347 e. The molecule has 3 aromatic rings. The molecule has 0 aliphatic carbocycles. The number of carbonyl (C=O) groups excluding carboxylic acids is 2. The topological polar surface area (TPSA) is 96.6 Å². The van der Waals surface area contributed by atoms with Gasteiger partial charge in [-0.1, -0.05) is 18.2 Å². The number of aromatic amines is 1.